The molecular weight excluding hydrogens is 88.1 g/mol. The first-order valence-electron chi connectivity index (χ1n) is 2.62. The van der Waals surface area contributed by atoms with Crippen LogP contribution in [0.25, 0.3) is 0 Å². The number of nitrogens with one attached hydrogen (secondary N) is 2. The summed E-state index contributed by atoms with van der Waals surface area (Å²) in [5.74, 6) is 0. The van der Waals surface area contributed by atoms with E-state index < -0.39 is 0 Å². The second-order valence-electron chi connectivity index (χ2n) is 1.35. The number of hydrogen-bond acceptors (Lipinski definition) is 2. The molecule has 0 unspecified atom stereocenters. The van der Waals surface area contributed by atoms with E-state index in [1.807, 2.05) is 0 Å². The zero-order valence-corrected chi connectivity index (χ0v) is 4.83. The minimum atomic E-state index is 0.952. The molecule has 0 saturated heterocycles. The summed E-state index contributed by atoms with van der Waals surface area (Å²) in [6, 6.07) is 0. The van der Waals surface area contributed by atoms with Crippen LogP contribution in [0.2, 0.25) is 0 Å². The van der Waals surface area contributed by atoms with E-state index in [0.717, 1.165) is 19.6 Å². The van der Waals surface area contributed by atoms with Crippen LogP contribution in [0.5, 0.6) is 0 Å². The summed E-state index contributed by atoms with van der Waals surface area (Å²) >= 11 is 0. The molecule has 0 aromatic carbocycles. The van der Waals surface area contributed by atoms with Gasteiger partial charge >= 0.3 is 0 Å². The van der Waals surface area contributed by atoms with Crippen molar-refractivity contribution in [1.29, 1.82) is 0 Å². The molecule has 7 heavy (non-hydrogen) atoms. The van der Waals surface area contributed by atoms with Crippen LogP contribution in [0.3, 0.4) is 0 Å². The van der Waals surface area contributed by atoms with Gasteiger partial charge in [0.05, 0.1) is 0 Å². The molecule has 0 fully saturated rings. The lowest BCUT2D eigenvalue weighted by Gasteiger charge is -1.96. The summed E-state index contributed by atoms with van der Waals surface area (Å²) in [4.78, 5) is 0. The van der Waals surface area contributed by atoms with E-state index in [1.54, 1.807) is 0 Å². The Bertz CT molecular complexity index is 25.3. The summed E-state index contributed by atoms with van der Waals surface area (Å²) in [5.41, 5.74) is 0. The largest absolute Gasteiger partial charge is 0.316 e. The summed E-state index contributed by atoms with van der Waals surface area (Å²) in [6.07, 6.45) is 0. The van der Waals surface area contributed by atoms with Crippen molar-refractivity contribution in [2.75, 3.05) is 19.6 Å². The van der Waals surface area contributed by atoms with Crippen LogP contribution < -0.4 is 10.6 Å². The molecule has 0 aliphatic heterocycles. The Labute approximate surface area is 45.3 Å². The fourth-order valence-corrected chi connectivity index (χ4v) is 0.354. The lowest BCUT2D eigenvalue weighted by atomic mass is 10.6. The highest BCUT2D eigenvalue weighted by atomic mass is 14.9. The zero-order valence-electron chi connectivity index (χ0n) is 4.83. The van der Waals surface area contributed by atoms with Crippen molar-refractivity contribution in [3.05, 3.63) is 7.05 Å². The third-order valence-electron chi connectivity index (χ3n) is 0.729. The molecule has 0 aliphatic rings. The normalized spacial score (nSPS) is 9.43. The Balaban J connectivity index is 2.45. The number of rotatable bonds is 4. The molecule has 2 nitrogen and oxygen atoms in total. The van der Waals surface area contributed by atoms with Gasteiger partial charge in [-0.2, -0.15) is 0 Å². The van der Waals surface area contributed by atoms with Crippen molar-refractivity contribution in [3.63, 3.8) is 0 Å². The maximum atomic E-state index is 3.47. The zero-order chi connectivity index (χ0) is 5.54. The van der Waals surface area contributed by atoms with Crippen LogP contribution >= 0.6 is 0 Å². The Morgan fingerprint density at radius 3 is 2.57 bits per heavy atom. The maximum absolute atomic E-state index is 3.47. The van der Waals surface area contributed by atoms with Crippen LogP contribution in [0.15, 0.2) is 0 Å². The molecule has 1 radical (unpaired) electrons. The molecule has 0 heterocycles. The van der Waals surface area contributed by atoms with Gasteiger partial charge in [-0.15, -0.1) is 0 Å². The molecule has 43 valence electrons. The van der Waals surface area contributed by atoms with Crippen molar-refractivity contribution in [2.45, 2.75) is 6.92 Å². The van der Waals surface area contributed by atoms with Gasteiger partial charge in [-0.25, -0.2) is 0 Å². The molecule has 2 N–H and O–H groups in total. The molecule has 2 heteroatoms. The van der Waals surface area contributed by atoms with Gasteiger partial charge in [-0.05, 0) is 6.54 Å². The van der Waals surface area contributed by atoms with Crippen LogP contribution in [-0.2, 0) is 0 Å². The summed E-state index contributed by atoms with van der Waals surface area (Å²) in [7, 11) is 3.47. The minimum Gasteiger partial charge on any atom is -0.316 e. The average molecular weight is 101 g/mol. The van der Waals surface area contributed by atoms with Crippen molar-refractivity contribution in [1.82, 2.24) is 10.6 Å². The monoisotopic (exact) mass is 101 g/mol. The van der Waals surface area contributed by atoms with Crippen LogP contribution in [0.1, 0.15) is 6.92 Å². The molecule has 0 aliphatic carbocycles. The molecule has 0 aromatic heterocycles. The minimum absolute atomic E-state index is 0.952. The van der Waals surface area contributed by atoms with E-state index >= 15 is 0 Å². The van der Waals surface area contributed by atoms with Crippen LogP contribution in [-0.4, -0.2) is 19.6 Å². The summed E-state index contributed by atoms with van der Waals surface area (Å²) in [6.45, 7) is 5.10. The van der Waals surface area contributed by atoms with Crippen molar-refractivity contribution in [2.24, 2.45) is 0 Å². The van der Waals surface area contributed by atoms with Gasteiger partial charge in [0.15, 0.2) is 0 Å². The topological polar surface area (TPSA) is 24.1 Å². The molecule has 0 bridgehead atoms. The first-order valence-corrected chi connectivity index (χ1v) is 2.62. The highest BCUT2D eigenvalue weighted by molar-refractivity contribution is 4.45. The predicted octanol–water partition coefficient (Wildman–Crippen LogP) is -0.0229. The van der Waals surface area contributed by atoms with E-state index in [-0.39, 0.29) is 0 Å². The Morgan fingerprint density at radius 2 is 2.14 bits per heavy atom. The standard InChI is InChI=1S/C5H13N2/c1-3-7-5-4-6-2/h6-7H,2-5H2,1H3. The lowest BCUT2D eigenvalue weighted by Crippen LogP contribution is -2.23. The molecule has 0 amide bonds. The van der Waals surface area contributed by atoms with Gasteiger partial charge in [-0.3, -0.25) is 0 Å². The Morgan fingerprint density at radius 1 is 1.43 bits per heavy atom. The van der Waals surface area contributed by atoms with Gasteiger partial charge in [-0.1, -0.05) is 6.92 Å². The van der Waals surface area contributed by atoms with Crippen molar-refractivity contribution < 1.29 is 0 Å². The lowest BCUT2D eigenvalue weighted by molar-refractivity contribution is 0.685. The maximum Gasteiger partial charge on any atom is 0.00772 e. The summed E-state index contributed by atoms with van der Waals surface area (Å²) in [5, 5.41) is 5.94. The van der Waals surface area contributed by atoms with Gasteiger partial charge in [0.2, 0.25) is 0 Å². The molecule has 0 spiro atoms. The first-order chi connectivity index (χ1) is 3.41. The molecule has 0 saturated carbocycles. The van der Waals surface area contributed by atoms with Crippen LogP contribution in [0.4, 0.5) is 0 Å². The summed E-state index contributed by atoms with van der Waals surface area (Å²) < 4.78 is 0. The van der Waals surface area contributed by atoms with Gasteiger partial charge in [0.25, 0.3) is 0 Å². The van der Waals surface area contributed by atoms with Crippen molar-refractivity contribution >= 4 is 0 Å². The fourth-order valence-electron chi connectivity index (χ4n) is 0.354. The van der Waals surface area contributed by atoms with E-state index in [0.29, 0.717) is 0 Å². The Hall–Kier alpha value is -0.0800. The first kappa shape index (κ1) is 6.92. The number of hydrogen-bond donors (Lipinski definition) is 2. The van der Waals surface area contributed by atoms with E-state index in [4.69, 9.17) is 0 Å². The average Bonchev–Trinajstić information content (AvgIpc) is 1.69. The second kappa shape index (κ2) is 5.92. The quantitative estimate of drug-likeness (QED) is 0.486. The van der Waals surface area contributed by atoms with E-state index in [9.17, 15) is 0 Å². The Kier molecular flexibility index (Phi) is 5.85. The predicted molar refractivity (Wildman–Crippen MR) is 31.9 cm³/mol. The highest BCUT2D eigenvalue weighted by Crippen LogP contribution is 1.53. The van der Waals surface area contributed by atoms with E-state index in [1.165, 1.54) is 0 Å². The molecular formula is C5H13N2. The van der Waals surface area contributed by atoms with Gasteiger partial charge < -0.3 is 10.6 Å². The van der Waals surface area contributed by atoms with Crippen molar-refractivity contribution in [3.8, 4) is 0 Å². The molecule has 0 aromatic rings. The van der Waals surface area contributed by atoms with Crippen LogP contribution in [0, 0.1) is 7.05 Å². The molecule has 0 atom stereocenters. The molecule has 0 rings (SSSR count). The van der Waals surface area contributed by atoms with Gasteiger partial charge in [0.1, 0.15) is 0 Å². The second-order valence-corrected chi connectivity index (χ2v) is 1.35. The third-order valence-corrected chi connectivity index (χ3v) is 0.729. The highest BCUT2D eigenvalue weighted by Gasteiger charge is 1.75. The SMILES string of the molecule is [CH2]NCCNCC. The fraction of sp³-hybridized carbons (Fsp3) is 0.800. The smallest absolute Gasteiger partial charge is 0.00772 e. The third kappa shape index (κ3) is 5.92. The van der Waals surface area contributed by atoms with E-state index in [2.05, 4.69) is 24.6 Å². The number of likely N-dealkylation sites (N-methyl/N-ethyl adjacent to an activating group) is 1. The van der Waals surface area contributed by atoms with Gasteiger partial charge in [0, 0.05) is 20.1 Å².